The van der Waals surface area contributed by atoms with Crippen LogP contribution in [0.4, 0.5) is 6.01 Å². The van der Waals surface area contributed by atoms with Crippen LogP contribution in [0, 0.1) is 12.8 Å². The zero-order valence-electron chi connectivity index (χ0n) is 14.5. The fourth-order valence-corrected chi connectivity index (χ4v) is 3.71. The van der Waals surface area contributed by atoms with Gasteiger partial charge in [-0.3, -0.25) is 0 Å². The summed E-state index contributed by atoms with van der Waals surface area (Å²) in [6, 6.07) is 8.65. The zero-order valence-corrected chi connectivity index (χ0v) is 15.3. The van der Waals surface area contributed by atoms with Crippen molar-refractivity contribution in [2.24, 2.45) is 5.92 Å². The lowest BCUT2D eigenvalue weighted by molar-refractivity contribution is 0.330. The SMILES string of the molecule is Cc1ccccc1-c1noc(N[C@H]2CC[C@H](CNS(C)(=O)=O)CC2)n1. The zero-order chi connectivity index (χ0) is 17.9. The molecule has 0 aliphatic heterocycles. The first-order valence-electron chi connectivity index (χ1n) is 8.51. The number of aromatic nitrogens is 2. The summed E-state index contributed by atoms with van der Waals surface area (Å²) in [6.45, 7) is 2.54. The molecule has 0 bridgehead atoms. The van der Waals surface area contributed by atoms with Gasteiger partial charge in [-0.2, -0.15) is 4.98 Å². The Kier molecular flexibility index (Phi) is 5.39. The van der Waals surface area contributed by atoms with Crippen molar-refractivity contribution in [3.63, 3.8) is 0 Å². The highest BCUT2D eigenvalue weighted by molar-refractivity contribution is 7.88. The van der Waals surface area contributed by atoms with Gasteiger partial charge in [0.1, 0.15) is 0 Å². The lowest BCUT2D eigenvalue weighted by Crippen LogP contribution is -2.33. The molecule has 8 heteroatoms. The van der Waals surface area contributed by atoms with Crippen molar-refractivity contribution in [1.29, 1.82) is 0 Å². The Morgan fingerprint density at radius 3 is 2.60 bits per heavy atom. The van der Waals surface area contributed by atoms with Gasteiger partial charge in [0.2, 0.25) is 15.8 Å². The van der Waals surface area contributed by atoms with Crippen LogP contribution in [0.25, 0.3) is 11.4 Å². The van der Waals surface area contributed by atoms with E-state index in [9.17, 15) is 8.42 Å². The van der Waals surface area contributed by atoms with Crippen LogP contribution in [-0.4, -0.2) is 37.4 Å². The van der Waals surface area contributed by atoms with Gasteiger partial charge in [0.05, 0.1) is 6.26 Å². The van der Waals surface area contributed by atoms with Crippen LogP contribution in [0.15, 0.2) is 28.8 Å². The number of aryl methyl sites for hydroxylation is 1. The molecule has 0 spiro atoms. The van der Waals surface area contributed by atoms with Crippen molar-refractivity contribution >= 4 is 16.0 Å². The first kappa shape index (κ1) is 17.9. The molecule has 0 amide bonds. The summed E-state index contributed by atoms with van der Waals surface area (Å²) in [4.78, 5) is 4.44. The topological polar surface area (TPSA) is 97.1 Å². The van der Waals surface area contributed by atoms with E-state index < -0.39 is 10.0 Å². The maximum Gasteiger partial charge on any atom is 0.322 e. The third kappa shape index (κ3) is 5.02. The first-order valence-corrected chi connectivity index (χ1v) is 10.4. The molecule has 25 heavy (non-hydrogen) atoms. The normalized spacial score (nSPS) is 21.2. The Morgan fingerprint density at radius 1 is 1.20 bits per heavy atom. The second-order valence-electron chi connectivity index (χ2n) is 6.72. The van der Waals surface area contributed by atoms with Crippen LogP contribution < -0.4 is 10.0 Å². The van der Waals surface area contributed by atoms with E-state index in [-0.39, 0.29) is 6.04 Å². The molecule has 1 aliphatic rings. The molecular formula is C17H24N4O3S. The molecule has 1 saturated carbocycles. The number of nitrogens with one attached hydrogen (secondary N) is 2. The van der Waals surface area contributed by atoms with Gasteiger partial charge in [0.15, 0.2) is 0 Å². The molecule has 7 nitrogen and oxygen atoms in total. The number of benzene rings is 1. The average molecular weight is 364 g/mol. The summed E-state index contributed by atoms with van der Waals surface area (Å²) in [7, 11) is -3.11. The van der Waals surface area contributed by atoms with Crippen molar-refractivity contribution in [2.75, 3.05) is 18.1 Å². The predicted octanol–water partition coefficient (Wildman–Crippen LogP) is 2.56. The minimum absolute atomic E-state index is 0.277. The molecule has 1 aromatic carbocycles. The number of hydrogen-bond acceptors (Lipinski definition) is 6. The molecule has 0 unspecified atom stereocenters. The molecule has 0 radical (unpaired) electrons. The Morgan fingerprint density at radius 2 is 1.92 bits per heavy atom. The van der Waals surface area contributed by atoms with Crippen molar-refractivity contribution in [1.82, 2.24) is 14.9 Å². The van der Waals surface area contributed by atoms with E-state index in [0.717, 1.165) is 36.8 Å². The van der Waals surface area contributed by atoms with Gasteiger partial charge >= 0.3 is 6.01 Å². The fraction of sp³-hybridized carbons (Fsp3) is 0.529. The Labute approximate surface area is 148 Å². The van der Waals surface area contributed by atoms with Crippen LogP contribution in [0.5, 0.6) is 0 Å². The summed E-state index contributed by atoms with van der Waals surface area (Å²) < 4.78 is 30.3. The van der Waals surface area contributed by atoms with Crippen LogP contribution in [0.1, 0.15) is 31.2 Å². The number of hydrogen-bond donors (Lipinski definition) is 2. The molecule has 1 heterocycles. The Hall–Kier alpha value is -1.93. The van der Waals surface area contributed by atoms with Crippen LogP contribution >= 0.6 is 0 Å². The maximum absolute atomic E-state index is 11.2. The number of sulfonamides is 1. The van der Waals surface area contributed by atoms with E-state index in [1.165, 1.54) is 6.26 Å². The first-order chi connectivity index (χ1) is 11.9. The molecule has 1 aromatic heterocycles. The highest BCUT2D eigenvalue weighted by atomic mass is 32.2. The lowest BCUT2D eigenvalue weighted by Gasteiger charge is -2.28. The second kappa shape index (κ2) is 7.53. The van der Waals surface area contributed by atoms with E-state index in [0.29, 0.717) is 24.3 Å². The van der Waals surface area contributed by atoms with Crippen molar-refractivity contribution < 1.29 is 12.9 Å². The van der Waals surface area contributed by atoms with Crippen molar-refractivity contribution in [3.8, 4) is 11.4 Å². The summed E-state index contributed by atoms with van der Waals surface area (Å²) in [5.74, 6) is 0.977. The largest absolute Gasteiger partial charge is 0.335 e. The summed E-state index contributed by atoms with van der Waals surface area (Å²) in [5.41, 5.74) is 2.07. The van der Waals surface area contributed by atoms with E-state index in [1.54, 1.807) is 0 Å². The highest BCUT2D eigenvalue weighted by Gasteiger charge is 2.23. The quantitative estimate of drug-likeness (QED) is 0.818. The Bertz CT molecular complexity index is 811. The van der Waals surface area contributed by atoms with E-state index in [4.69, 9.17) is 4.52 Å². The molecule has 0 atom stereocenters. The molecule has 136 valence electrons. The van der Waals surface area contributed by atoms with Gasteiger partial charge < -0.3 is 9.84 Å². The summed E-state index contributed by atoms with van der Waals surface area (Å²) in [6.07, 6.45) is 5.05. The van der Waals surface area contributed by atoms with Gasteiger partial charge in [-0.1, -0.05) is 29.4 Å². The smallest absolute Gasteiger partial charge is 0.322 e. The summed E-state index contributed by atoms with van der Waals surface area (Å²) >= 11 is 0. The molecule has 0 saturated heterocycles. The number of nitrogens with zero attached hydrogens (tertiary/aromatic N) is 2. The highest BCUT2D eigenvalue weighted by Crippen LogP contribution is 2.27. The lowest BCUT2D eigenvalue weighted by atomic mass is 9.86. The van der Waals surface area contributed by atoms with E-state index >= 15 is 0 Å². The van der Waals surface area contributed by atoms with E-state index in [2.05, 4.69) is 20.2 Å². The standard InChI is InChI=1S/C17H24N4O3S/c1-12-5-3-4-6-15(12)16-20-17(24-21-16)19-14-9-7-13(8-10-14)11-18-25(2,22)23/h3-6,13-14,18H,7-11H2,1-2H3,(H,19,20,21)/t13-,14-. The third-order valence-corrected chi connectivity index (χ3v) is 5.31. The molecule has 3 rings (SSSR count). The van der Waals surface area contributed by atoms with Gasteiger partial charge in [-0.05, 0) is 44.1 Å². The fourth-order valence-electron chi connectivity index (χ4n) is 3.17. The number of anilines is 1. The minimum Gasteiger partial charge on any atom is -0.335 e. The van der Waals surface area contributed by atoms with E-state index in [1.807, 2.05) is 31.2 Å². The minimum atomic E-state index is -3.11. The van der Waals surface area contributed by atoms with Gasteiger partial charge in [-0.25, -0.2) is 13.1 Å². The van der Waals surface area contributed by atoms with Gasteiger partial charge in [-0.15, -0.1) is 0 Å². The van der Waals surface area contributed by atoms with Gasteiger partial charge in [0.25, 0.3) is 0 Å². The Balaban J connectivity index is 1.52. The molecule has 2 aromatic rings. The van der Waals surface area contributed by atoms with Crippen LogP contribution in [-0.2, 0) is 10.0 Å². The van der Waals surface area contributed by atoms with Crippen molar-refractivity contribution in [3.05, 3.63) is 29.8 Å². The van der Waals surface area contributed by atoms with Crippen LogP contribution in [0.2, 0.25) is 0 Å². The molecule has 1 fully saturated rings. The van der Waals surface area contributed by atoms with Gasteiger partial charge in [0, 0.05) is 18.2 Å². The van der Waals surface area contributed by atoms with Crippen molar-refractivity contribution in [2.45, 2.75) is 38.6 Å². The molecule has 1 aliphatic carbocycles. The summed E-state index contributed by atoms with van der Waals surface area (Å²) in [5, 5.41) is 7.36. The van der Waals surface area contributed by atoms with Crippen LogP contribution in [0.3, 0.4) is 0 Å². The third-order valence-electron chi connectivity index (χ3n) is 4.62. The number of rotatable bonds is 6. The monoisotopic (exact) mass is 364 g/mol. The molecular weight excluding hydrogens is 340 g/mol. The average Bonchev–Trinajstić information content (AvgIpc) is 3.02. The maximum atomic E-state index is 11.2. The second-order valence-corrected chi connectivity index (χ2v) is 8.55. The molecule has 2 N–H and O–H groups in total. The predicted molar refractivity (Wildman–Crippen MR) is 96.7 cm³/mol.